The lowest BCUT2D eigenvalue weighted by Gasteiger charge is -2.21. The second-order valence-corrected chi connectivity index (χ2v) is 5.96. The van der Waals surface area contributed by atoms with Gasteiger partial charge in [-0.25, -0.2) is 0 Å². The highest BCUT2D eigenvalue weighted by Crippen LogP contribution is 2.48. The maximum atomic E-state index is 10.7. The Bertz CT molecular complexity index is 469. The number of carbonyl (C=O) groups is 1. The summed E-state index contributed by atoms with van der Waals surface area (Å²) in [7, 11) is 0. The Morgan fingerprint density at radius 2 is 2.21 bits per heavy atom. The molecular weight excluding hydrogens is 240 g/mol. The quantitative estimate of drug-likeness (QED) is 0.884. The van der Waals surface area contributed by atoms with Crippen molar-refractivity contribution >= 4 is 5.97 Å². The van der Waals surface area contributed by atoms with E-state index in [0.717, 1.165) is 29.8 Å². The predicted octanol–water partition coefficient (Wildman–Crippen LogP) is 3.13. The van der Waals surface area contributed by atoms with E-state index < -0.39 is 5.97 Å². The molecule has 3 atom stereocenters. The Hall–Kier alpha value is -1.51. The van der Waals surface area contributed by atoms with Gasteiger partial charge in [-0.05, 0) is 54.7 Å². The molecule has 2 aliphatic carbocycles. The largest absolute Gasteiger partial charge is 0.493 e. The lowest BCUT2D eigenvalue weighted by molar-refractivity contribution is -0.136. The lowest BCUT2D eigenvalue weighted by atomic mass is 9.89. The second-order valence-electron chi connectivity index (χ2n) is 5.96. The van der Waals surface area contributed by atoms with Gasteiger partial charge in [-0.3, -0.25) is 4.79 Å². The zero-order valence-corrected chi connectivity index (χ0v) is 11.0. The summed E-state index contributed by atoms with van der Waals surface area (Å²) in [5.41, 5.74) is 0.804. The van der Waals surface area contributed by atoms with E-state index in [9.17, 15) is 4.79 Å². The van der Waals surface area contributed by atoms with Crippen LogP contribution in [0.25, 0.3) is 0 Å². The summed E-state index contributed by atoms with van der Waals surface area (Å²) in [4.78, 5) is 10.7. The van der Waals surface area contributed by atoms with Crippen LogP contribution in [0.4, 0.5) is 0 Å². The molecule has 2 bridgehead atoms. The topological polar surface area (TPSA) is 46.5 Å². The number of hydrogen-bond acceptors (Lipinski definition) is 2. The number of fused-ring (bicyclic) bond motifs is 2. The number of aliphatic carboxylic acids is 1. The summed E-state index contributed by atoms with van der Waals surface area (Å²) in [5.74, 6) is 2.53. The van der Waals surface area contributed by atoms with Crippen molar-refractivity contribution < 1.29 is 14.6 Å². The fraction of sp³-hybridized carbons (Fsp3) is 0.562. The fourth-order valence-electron chi connectivity index (χ4n) is 3.70. The standard InChI is InChI=1S/C16H20O3/c17-16(18)9-11-2-1-3-15(8-11)19-10-14-7-12-4-5-13(14)6-12/h1-3,8,12-14H,4-7,9-10H2,(H,17,18). The molecule has 3 heteroatoms. The van der Waals surface area contributed by atoms with Crippen molar-refractivity contribution in [1.82, 2.24) is 0 Å². The van der Waals surface area contributed by atoms with Crippen LogP contribution < -0.4 is 4.74 Å². The van der Waals surface area contributed by atoms with Crippen molar-refractivity contribution in [3.63, 3.8) is 0 Å². The molecule has 0 radical (unpaired) electrons. The third-order valence-corrected chi connectivity index (χ3v) is 4.60. The first-order chi connectivity index (χ1) is 9.20. The maximum Gasteiger partial charge on any atom is 0.307 e. The van der Waals surface area contributed by atoms with E-state index in [1.165, 1.54) is 25.7 Å². The summed E-state index contributed by atoms with van der Waals surface area (Å²) < 4.78 is 5.87. The van der Waals surface area contributed by atoms with E-state index in [1.807, 2.05) is 24.3 Å². The number of hydrogen-bond donors (Lipinski definition) is 1. The first-order valence-electron chi connectivity index (χ1n) is 7.14. The van der Waals surface area contributed by atoms with Gasteiger partial charge in [-0.15, -0.1) is 0 Å². The monoisotopic (exact) mass is 260 g/mol. The van der Waals surface area contributed by atoms with Gasteiger partial charge in [-0.1, -0.05) is 18.6 Å². The molecule has 102 valence electrons. The van der Waals surface area contributed by atoms with E-state index in [4.69, 9.17) is 9.84 Å². The van der Waals surface area contributed by atoms with Crippen molar-refractivity contribution in [3.05, 3.63) is 29.8 Å². The third-order valence-electron chi connectivity index (χ3n) is 4.60. The van der Waals surface area contributed by atoms with E-state index in [2.05, 4.69) is 0 Å². The van der Waals surface area contributed by atoms with Crippen LogP contribution in [0.5, 0.6) is 5.75 Å². The zero-order chi connectivity index (χ0) is 13.2. The van der Waals surface area contributed by atoms with Gasteiger partial charge in [0, 0.05) is 0 Å². The number of rotatable bonds is 5. The molecule has 3 rings (SSSR count). The summed E-state index contributed by atoms with van der Waals surface area (Å²) in [6.07, 6.45) is 5.56. The molecule has 2 saturated carbocycles. The van der Waals surface area contributed by atoms with Gasteiger partial charge in [0.2, 0.25) is 0 Å². The number of ether oxygens (including phenoxy) is 1. The summed E-state index contributed by atoms with van der Waals surface area (Å²) in [6.45, 7) is 0.789. The summed E-state index contributed by atoms with van der Waals surface area (Å²) >= 11 is 0. The van der Waals surface area contributed by atoms with Crippen molar-refractivity contribution in [1.29, 1.82) is 0 Å². The minimum absolute atomic E-state index is 0.0608. The number of carboxylic acid groups (broad SMARTS) is 1. The first kappa shape index (κ1) is 12.5. The van der Waals surface area contributed by atoms with Crippen LogP contribution in [0, 0.1) is 17.8 Å². The molecule has 0 amide bonds. The van der Waals surface area contributed by atoms with Crippen LogP contribution in [0.15, 0.2) is 24.3 Å². The van der Waals surface area contributed by atoms with Crippen LogP contribution in [-0.2, 0) is 11.2 Å². The molecule has 1 aromatic carbocycles. The van der Waals surface area contributed by atoms with E-state index in [-0.39, 0.29) is 6.42 Å². The van der Waals surface area contributed by atoms with Crippen LogP contribution >= 0.6 is 0 Å². The molecule has 3 unspecified atom stereocenters. The smallest absolute Gasteiger partial charge is 0.307 e. The van der Waals surface area contributed by atoms with Crippen LogP contribution in [0.3, 0.4) is 0 Å². The Kier molecular flexibility index (Phi) is 3.45. The fourth-order valence-corrected chi connectivity index (χ4v) is 3.70. The van der Waals surface area contributed by atoms with Crippen molar-refractivity contribution in [2.24, 2.45) is 17.8 Å². The lowest BCUT2D eigenvalue weighted by Crippen LogP contribution is -2.18. The highest BCUT2D eigenvalue weighted by Gasteiger charge is 2.39. The molecular formula is C16H20O3. The van der Waals surface area contributed by atoms with Gasteiger partial charge >= 0.3 is 5.97 Å². The van der Waals surface area contributed by atoms with Crippen molar-refractivity contribution in [2.75, 3.05) is 6.61 Å². The third kappa shape index (κ3) is 2.91. The average Bonchev–Trinajstić information content (AvgIpc) is 2.98. The molecule has 0 heterocycles. The zero-order valence-electron chi connectivity index (χ0n) is 11.0. The van der Waals surface area contributed by atoms with E-state index >= 15 is 0 Å². The van der Waals surface area contributed by atoms with Crippen molar-refractivity contribution in [2.45, 2.75) is 32.1 Å². The Labute approximate surface area is 113 Å². The Morgan fingerprint density at radius 3 is 2.89 bits per heavy atom. The highest BCUT2D eigenvalue weighted by atomic mass is 16.5. The van der Waals surface area contributed by atoms with Gasteiger partial charge in [0.1, 0.15) is 5.75 Å². The highest BCUT2D eigenvalue weighted by molar-refractivity contribution is 5.70. The maximum absolute atomic E-state index is 10.7. The van der Waals surface area contributed by atoms with Crippen LogP contribution in [0.2, 0.25) is 0 Å². The molecule has 0 spiro atoms. The molecule has 1 aromatic rings. The van der Waals surface area contributed by atoms with Gasteiger partial charge in [0.05, 0.1) is 13.0 Å². The molecule has 2 aliphatic rings. The summed E-state index contributed by atoms with van der Waals surface area (Å²) in [6, 6.07) is 7.47. The molecule has 0 aliphatic heterocycles. The molecule has 2 fully saturated rings. The van der Waals surface area contributed by atoms with Crippen LogP contribution in [-0.4, -0.2) is 17.7 Å². The Balaban J connectivity index is 1.56. The molecule has 1 N–H and O–H groups in total. The minimum atomic E-state index is -0.801. The predicted molar refractivity (Wildman–Crippen MR) is 72.2 cm³/mol. The number of carboxylic acids is 1. The molecule has 0 aromatic heterocycles. The van der Waals surface area contributed by atoms with Crippen molar-refractivity contribution in [3.8, 4) is 5.75 Å². The second kappa shape index (κ2) is 5.24. The van der Waals surface area contributed by atoms with Gasteiger partial charge in [0.25, 0.3) is 0 Å². The number of benzene rings is 1. The molecule has 3 nitrogen and oxygen atoms in total. The normalized spacial score (nSPS) is 28.5. The Morgan fingerprint density at radius 1 is 1.32 bits per heavy atom. The minimum Gasteiger partial charge on any atom is -0.493 e. The average molecular weight is 260 g/mol. The van der Waals surface area contributed by atoms with Gasteiger partial charge in [0.15, 0.2) is 0 Å². The summed E-state index contributed by atoms with van der Waals surface area (Å²) in [5, 5.41) is 8.79. The van der Waals surface area contributed by atoms with E-state index in [0.29, 0.717) is 5.92 Å². The molecule has 19 heavy (non-hydrogen) atoms. The van der Waals surface area contributed by atoms with Crippen LogP contribution in [0.1, 0.15) is 31.2 Å². The van der Waals surface area contributed by atoms with Gasteiger partial charge < -0.3 is 9.84 Å². The van der Waals surface area contributed by atoms with E-state index in [1.54, 1.807) is 0 Å². The molecule has 0 saturated heterocycles. The SMILES string of the molecule is O=C(O)Cc1cccc(OCC2CC3CCC2C3)c1. The van der Waals surface area contributed by atoms with Gasteiger partial charge in [-0.2, -0.15) is 0 Å². The first-order valence-corrected chi connectivity index (χ1v) is 7.14.